The van der Waals surface area contributed by atoms with E-state index in [1.807, 2.05) is 6.07 Å². The van der Waals surface area contributed by atoms with Crippen LogP contribution in [0, 0.1) is 23.1 Å². The van der Waals surface area contributed by atoms with Gasteiger partial charge in [-0.15, -0.1) is 0 Å². The topological polar surface area (TPSA) is 59.3 Å². The Bertz CT molecular complexity index is 720. The van der Waals surface area contributed by atoms with Gasteiger partial charge in [-0.2, -0.15) is 5.26 Å². The molecule has 0 radical (unpaired) electrons. The van der Waals surface area contributed by atoms with Crippen LogP contribution in [0.4, 0.5) is 4.39 Å². The fourth-order valence-corrected chi connectivity index (χ4v) is 2.55. The lowest BCUT2D eigenvalue weighted by Gasteiger charge is -2.22. The Morgan fingerprint density at radius 3 is 2.12 bits per heavy atom. The van der Waals surface area contributed by atoms with E-state index in [2.05, 4.69) is 0 Å². The van der Waals surface area contributed by atoms with Gasteiger partial charge >= 0.3 is 5.97 Å². The molecule has 0 saturated heterocycles. The number of hydrogen-bond acceptors (Lipinski definition) is 4. The first kappa shape index (κ1) is 17.5. The number of esters is 1. The van der Waals surface area contributed by atoms with Gasteiger partial charge in [0, 0.05) is 5.92 Å². The highest BCUT2D eigenvalue weighted by Gasteiger charge is 2.32. The van der Waals surface area contributed by atoms with Gasteiger partial charge in [0.1, 0.15) is 11.6 Å². The number of carbonyl (C=O) groups is 1. The Kier molecular flexibility index (Phi) is 5.91. The molecule has 2 rings (SSSR count). The molecule has 0 fully saturated rings. The Labute approximate surface area is 140 Å². The van der Waals surface area contributed by atoms with Crippen molar-refractivity contribution in [2.45, 2.75) is 12.8 Å². The highest BCUT2D eigenvalue weighted by atomic mass is 19.1. The van der Waals surface area contributed by atoms with Gasteiger partial charge in [-0.3, -0.25) is 4.79 Å². The lowest BCUT2D eigenvalue weighted by atomic mass is 9.81. The molecule has 0 aromatic heterocycles. The lowest BCUT2D eigenvalue weighted by Crippen LogP contribution is -2.24. The highest BCUT2D eigenvalue weighted by molar-refractivity contribution is 5.77. The number of nitrogens with zero attached hydrogens (tertiary/aromatic N) is 1. The molecule has 0 aliphatic carbocycles. The van der Waals surface area contributed by atoms with E-state index in [0.29, 0.717) is 11.3 Å². The molecule has 0 amide bonds. The Hall–Kier alpha value is -2.87. The SMILES string of the molecule is CCOC(=O)C(C#N)C(c1ccc(F)cc1)c1ccc(OC)cc1. The average molecular weight is 327 g/mol. The summed E-state index contributed by atoms with van der Waals surface area (Å²) in [5.41, 5.74) is 1.42. The highest BCUT2D eigenvalue weighted by Crippen LogP contribution is 2.33. The van der Waals surface area contributed by atoms with Crippen molar-refractivity contribution in [2.75, 3.05) is 13.7 Å². The van der Waals surface area contributed by atoms with Crippen LogP contribution in [0.1, 0.15) is 24.0 Å². The van der Waals surface area contributed by atoms with Crippen molar-refractivity contribution in [1.82, 2.24) is 0 Å². The summed E-state index contributed by atoms with van der Waals surface area (Å²) in [5.74, 6) is -1.88. The standard InChI is InChI=1S/C19H18FNO3/c1-3-24-19(22)17(12-21)18(13-4-8-15(20)9-5-13)14-6-10-16(23-2)11-7-14/h4-11,17-18H,3H2,1-2H3. The Morgan fingerprint density at radius 1 is 1.12 bits per heavy atom. The molecule has 2 unspecified atom stereocenters. The fraction of sp³-hybridized carbons (Fsp3) is 0.263. The number of methoxy groups -OCH3 is 1. The van der Waals surface area contributed by atoms with Crippen LogP contribution < -0.4 is 4.74 Å². The van der Waals surface area contributed by atoms with E-state index in [4.69, 9.17) is 9.47 Å². The van der Waals surface area contributed by atoms with Crippen molar-refractivity contribution in [2.24, 2.45) is 5.92 Å². The number of rotatable bonds is 6. The van der Waals surface area contributed by atoms with Crippen LogP contribution in [0.5, 0.6) is 5.75 Å². The predicted molar refractivity (Wildman–Crippen MR) is 87.0 cm³/mol. The van der Waals surface area contributed by atoms with Crippen LogP contribution >= 0.6 is 0 Å². The summed E-state index contributed by atoms with van der Waals surface area (Å²) in [6, 6.07) is 14.9. The van der Waals surface area contributed by atoms with Gasteiger partial charge in [0.05, 0.1) is 19.8 Å². The summed E-state index contributed by atoms with van der Waals surface area (Å²) in [6.07, 6.45) is 0. The van der Waals surface area contributed by atoms with E-state index in [-0.39, 0.29) is 12.4 Å². The van der Waals surface area contributed by atoms with Crippen molar-refractivity contribution < 1.29 is 18.7 Å². The molecule has 4 nitrogen and oxygen atoms in total. The summed E-state index contributed by atoms with van der Waals surface area (Å²) >= 11 is 0. The normalized spacial score (nSPS) is 12.8. The number of ether oxygens (including phenoxy) is 2. The number of carbonyl (C=O) groups excluding carboxylic acids is 1. The molecule has 0 N–H and O–H groups in total. The molecule has 124 valence electrons. The minimum absolute atomic E-state index is 0.190. The molecule has 24 heavy (non-hydrogen) atoms. The molecule has 0 aliphatic heterocycles. The summed E-state index contributed by atoms with van der Waals surface area (Å²) in [7, 11) is 1.56. The molecule has 2 aromatic carbocycles. The summed E-state index contributed by atoms with van der Waals surface area (Å²) in [6.45, 7) is 1.88. The minimum atomic E-state index is -1.02. The number of hydrogen-bond donors (Lipinski definition) is 0. The quantitative estimate of drug-likeness (QED) is 0.760. The first-order valence-electron chi connectivity index (χ1n) is 7.56. The summed E-state index contributed by atoms with van der Waals surface area (Å²) in [4.78, 5) is 12.2. The fourth-order valence-electron chi connectivity index (χ4n) is 2.55. The van der Waals surface area contributed by atoms with E-state index < -0.39 is 17.8 Å². The maximum absolute atomic E-state index is 13.2. The zero-order valence-electron chi connectivity index (χ0n) is 13.5. The van der Waals surface area contributed by atoms with E-state index in [1.54, 1.807) is 50.4 Å². The molecular formula is C19H18FNO3. The van der Waals surface area contributed by atoms with Gasteiger partial charge in [0.25, 0.3) is 0 Å². The van der Waals surface area contributed by atoms with Gasteiger partial charge in [-0.1, -0.05) is 24.3 Å². The van der Waals surface area contributed by atoms with Crippen molar-refractivity contribution in [1.29, 1.82) is 5.26 Å². The number of nitriles is 1. The van der Waals surface area contributed by atoms with E-state index >= 15 is 0 Å². The van der Waals surface area contributed by atoms with E-state index in [0.717, 1.165) is 5.56 Å². The number of benzene rings is 2. The second-order valence-corrected chi connectivity index (χ2v) is 5.16. The van der Waals surface area contributed by atoms with Crippen LogP contribution in [0.2, 0.25) is 0 Å². The molecule has 0 aliphatic rings. The first-order valence-corrected chi connectivity index (χ1v) is 7.56. The van der Waals surface area contributed by atoms with Gasteiger partial charge in [-0.05, 0) is 42.3 Å². The third-order valence-corrected chi connectivity index (χ3v) is 3.72. The Morgan fingerprint density at radius 2 is 1.67 bits per heavy atom. The Balaban J connectivity index is 2.49. The van der Waals surface area contributed by atoms with Crippen LogP contribution in [-0.2, 0) is 9.53 Å². The van der Waals surface area contributed by atoms with Crippen LogP contribution in [0.25, 0.3) is 0 Å². The van der Waals surface area contributed by atoms with Crippen LogP contribution in [-0.4, -0.2) is 19.7 Å². The maximum Gasteiger partial charge on any atom is 0.324 e. The summed E-state index contributed by atoms with van der Waals surface area (Å²) in [5, 5.41) is 9.52. The van der Waals surface area contributed by atoms with Gasteiger partial charge in [0.2, 0.25) is 0 Å². The molecule has 0 saturated carbocycles. The van der Waals surface area contributed by atoms with Crippen molar-refractivity contribution in [3.63, 3.8) is 0 Å². The zero-order chi connectivity index (χ0) is 17.5. The largest absolute Gasteiger partial charge is 0.497 e. The van der Waals surface area contributed by atoms with Gasteiger partial charge in [-0.25, -0.2) is 4.39 Å². The molecular weight excluding hydrogens is 309 g/mol. The van der Waals surface area contributed by atoms with Crippen molar-refractivity contribution in [3.8, 4) is 11.8 Å². The smallest absolute Gasteiger partial charge is 0.324 e. The lowest BCUT2D eigenvalue weighted by molar-refractivity contribution is -0.146. The van der Waals surface area contributed by atoms with E-state index in [9.17, 15) is 14.4 Å². The predicted octanol–water partition coefficient (Wildman–Crippen LogP) is 3.67. The van der Waals surface area contributed by atoms with Crippen molar-refractivity contribution >= 4 is 5.97 Å². The maximum atomic E-state index is 13.2. The second-order valence-electron chi connectivity index (χ2n) is 5.16. The molecule has 0 heterocycles. The zero-order valence-corrected chi connectivity index (χ0v) is 13.5. The van der Waals surface area contributed by atoms with Crippen LogP contribution in [0.15, 0.2) is 48.5 Å². The summed E-state index contributed by atoms with van der Waals surface area (Å²) < 4.78 is 23.4. The molecule has 5 heteroatoms. The number of halogens is 1. The molecule has 2 aromatic rings. The van der Waals surface area contributed by atoms with Crippen molar-refractivity contribution in [3.05, 3.63) is 65.5 Å². The minimum Gasteiger partial charge on any atom is -0.497 e. The molecule has 0 spiro atoms. The third kappa shape index (κ3) is 3.90. The molecule has 2 atom stereocenters. The van der Waals surface area contributed by atoms with Gasteiger partial charge < -0.3 is 9.47 Å². The monoisotopic (exact) mass is 327 g/mol. The average Bonchev–Trinajstić information content (AvgIpc) is 2.61. The van der Waals surface area contributed by atoms with Gasteiger partial charge in [0.15, 0.2) is 5.92 Å². The molecule has 0 bridgehead atoms. The first-order chi connectivity index (χ1) is 11.6. The third-order valence-electron chi connectivity index (χ3n) is 3.72. The second kappa shape index (κ2) is 8.11. The van der Waals surface area contributed by atoms with Crippen LogP contribution in [0.3, 0.4) is 0 Å². The van der Waals surface area contributed by atoms with E-state index in [1.165, 1.54) is 12.1 Å².